The van der Waals surface area contributed by atoms with Gasteiger partial charge in [0.05, 0.1) is 19.0 Å². The summed E-state index contributed by atoms with van der Waals surface area (Å²) in [6, 6.07) is 5.28. The van der Waals surface area contributed by atoms with Gasteiger partial charge in [-0.3, -0.25) is 4.18 Å². The summed E-state index contributed by atoms with van der Waals surface area (Å²) < 4.78 is 39.9. The third-order valence-electron chi connectivity index (χ3n) is 3.05. The molecule has 0 radical (unpaired) electrons. The molecule has 2 aromatic rings. The van der Waals surface area contributed by atoms with E-state index >= 15 is 0 Å². The monoisotopic (exact) mass is 404 g/mol. The average molecular weight is 405 g/mol. The molecule has 0 aliphatic heterocycles. The molecule has 0 spiro atoms. The zero-order valence-corrected chi connectivity index (χ0v) is 17.5. The van der Waals surface area contributed by atoms with Crippen LogP contribution in [0.2, 0.25) is 0 Å². The summed E-state index contributed by atoms with van der Waals surface area (Å²) in [5.41, 5.74) is 0.696. The van der Waals surface area contributed by atoms with Crippen LogP contribution in [-0.4, -0.2) is 43.1 Å². The minimum Gasteiger partial charge on any atom is -0.433 e. The fourth-order valence-corrected chi connectivity index (χ4v) is 4.59. The van der Waals surface area contributed by atoms with Crippen molar-refractivity contribution in [3.8, 4) is 5.19 Å². The third kappa shape index (κ3) is 5.62. The van der Waals surface area contributed by atoms with Crippen molar-refractivity contribution in [3.05, 3.63) is 23.8 Å². The van der Waals surface area contributed by atoms with E-state index < -0.39 is 32.6 Å². The average Bonchev–Trinajstić information content (AvgIpc) is 2.79. The van der Waals surface area contributed by atoms with Crippen LogP contribution in [0.15, 0.2) is 18.2 Å². The van der Waals surface area contributed by atoms with E-state index in [1.165, 1.54) is 0 Å². The van der Waals surface area contributed by atoms with Crippen molar-refractivity contribution in [3.63, 3.8) is 0 Å². The molecule has 2 rings (SSSR count). The predicted octanol–water partition coefficient (Wildman–Crippen LogP) is 3.01. The molecule has 0 amide bonds. The van der Waals surface area contributed by atoms with Gasteiger partial charge in [-0.25, -0.2) is 0 Å². The van der Waals surface area contributed by atoms with Gasteiger partial charge in [-0.1, -0.05) is 12.1 Å². The lowest BCUT2D eigenvalue weighted by Gasteiger charge is -2.13. The second kappa shape index (κ2) is 7.77. The van der Waals surface area contributed by atoms with Crippen molar-refractivity contribution in [1.82, 2.24) is 4.98 Å². The van der Waals surface area contributed by atoms with Crippen LogP contribution < -0.4 is 8.92 Å². The number of aliphatic hydroxyl groups excluding tert-OH is 1. The largest absolute Gasteiger partial charge is 0.472 e. The fourth-order valence-electron chi connectivity index (χ4n) is 2.20. The molecule has 0 aliphatic carbocycles. The van der Waals surface area contributed by atoms with Crippen LogP contribution in [-0.2, 0) is 14.3 Å². The lowest BCUT2D eigenvalue weighted by atomic mass is 10.1. The van der Waals surface area contributed by atoms with Gasteiger partial charge in [-0.15, -0.1) is 4.18 Å². The quantitative estimate of drug-likeness (QED) is 0.560. The first-order valence-electron chi connectivity index (χ1n) is 8.22. The van der Waals surface area contributed by atoms with Crippen molar-refractivity contribution in [2.24, 2.45) is 0 Å². The summed E-state index contributed by atoms with van der Waals surface area (Å²) in [4.78, 5) is 4.52. The second-order valence-corrected chi connectivity index (χ2v) is 10.3. The van der Waals surface area contributed by atoms with E-state index in [2.05, 4.69) is 4.98 Å². The highest BCUT2D eigenvalue weighted by Gasteiger charge is 2.35. The molecule has 1 heterocycles. The Balaban J connectivity index is 2.55. The van der Waals surface area contributed by atoms with E-state index in [9.17, 15) is 13.5 Å². The molecule has 1 unspecified atom stereocenters. The highest BCUT2D eigenvalue weighted by Crippen LogP contribution is 2.44. The standard InChI is InChI=1S/C17H26NO6S2/c1-11(2)23-16-18-13-9-7-8-12(14(19)10-22-26(6,20)21)15(13)25(16)24-17(3,4)5/h7-9,11,14,19H,10H2,1-6H3/q+1/t14-,25?/m0/s1. The number of nitrogens with zero attached hydrogens (tertiary/aromatic N) is 1. The first-order valence-corrected chi connectivity index (χ1v) is 11.2. The summed E-state index contributed by atoms with van der Waals surface area (Å²) in [6.07, 6.45) is -0.268. The second-order valence-electron chi connectivity index (χ2n) is 7.21. The van der Waals surface area contributed by atoms with Gasteiger partial charge in [0.2, 0.25) is 15.5 Å². The Labute approximate surface area is 157 Å². The molecule has 2 atom stereocenters. The first-order chi connectivity index (χ1) is 11.9. The molecular weight excluding hydrogens is 378 g/mol. The number of hydrogen-bond acceptors (Lipinski definition) is 7. The molecule has 1 aromatic carbocycles. The number of ether oxygens (including phenoxy) is 1. The maximum absolute atomic E-state index is 11.2. The molecule has 7 nitrogen and oxygen atoms in total. The Morgan fingerprint density at radius 1 is 1.27 bits per heavy atom. The van der Waals surface area contributed by atoms with Crippen molar-refractivity contribution in [2.45, 2.75) is 52.4 Å². The van der Waals surface area contributed by atoms with Gasteiger partial charge in [0.25, 0.3) is 10.1 Å². The number of thiazole rings is 1. The van der Waals surface area contributed by atoms with Crippen LogP contribution >= 0.6 is 10.8 Å². The molecule has 26 heavy (non-hydrogen) atoms. The SMILES string of the molecule is CC(C)Oc1nc2cccc([C@@H](O)COS(C)(=O)=O)c2[s+]1OC(C)(C)C. The van der Waals surface area contributed by atoms with Crippen molar-refractivity contribution < 1.29 is 26.6 Å². The molecule has 0 saturated heterocycles. The summed E-state index contributed by atoms with van der Waals surface area (Å²) in [7, 11) is -4.58. The summed E-state index contributed by atoms with van der Waals surface area (Å²) in [6.45, 7) is 9.21. The number of fused-ring (bicyclic) bond motifs is 1. The van der Waals surface area contributed by atoms with E-state index in [4.69, 9.17) is 13.1 Å². The van der Waals surface area contributed by atoms with E-state index in [0.29, 0.717) is 21.0 Å². The molecule has 0 aliphatic rings. The number of rotatable bonds is 7. The third-order valence-corrected chi connectivity index (χ3v) is 5.60. The lowest BCUT2D eigenvalue weighted by Crippen LogP contribution is -2.23. The smallest absolute Gasteiger partial charge is 0.433 e. The van der Waals surface area contributed by atoms with E-state index in [0.717, 1.165) is 6.26 Å². The van der Waals surface area contributed by atoms with Crippen LogP contribution in [0.5, 0.6) is 5.19 Å². The minimum absolute atomic E-state index is 0.0800. The van der Waals surface area contributed by atoms with Crippen LogP contribution in [0.4, 0.5) is 0 Å². The highest BCUT2D eigenvalue weighted by atomic mass is 32.2. The number of benzene rings is 1. The molecule has 0 fully saturated rings. The zero-order chi connectivity index (χ0) is 19.7. The minimum atomic E-state index is -3.65. The van der Waals surface area contributed by atoms with Gasteiger partial charge >= 0.3 is 5.19 Å². The topological polar surface area (TPSA) is 95.0 Å². The van der Waals surface area contributed by atoms with Crippen LogP contribution in [0, 0.1) is 0 Å². The molecule has 1 aromatic heterocycles. The molecule has 9 heteroatoms. The highest BCUT2D eigenvalue weighted by molar-refractivity contribution is 7.85. The van der Waals surface area contributed by atoms with Crippen molar-refractivity contribution in [1.29, 1.82) is 0 Å². The van der Waals surface area contributed by atoms with Gasteiger partial charge in [-0.2, -0.15) is 13.4 Å². The van der Waals surface area contributed by atoms with Gasteiger partial charge in [0, 0.05) is 5.56 Å². The Morgan fingerprint density at radius 2 is 1.92 bits per heavy atom. The predicted molar refractivity (Wildman–Crippen MR) is 102 cm³/mol. The normalized spacial score (nSPS) is 14.8. The number of aliphatic hydroxyl groups is 1. The number of hydrogen-bond donors (Lipinski definition) is 1. The Morgan fingerprint density at radius 3 is 2.46 bits per heavy atom. The summed E-state index contributed by atoms with van der Waals surface area (Å²) >= 11 is 0. The van der Waals surface area contributed by atoms with Gasteiger partial charge < -0.3 is 9.84 Å². The van der Waals surface area contributed by atoms with Gasteiger partial charge in [0.1, 0.15) is 17.2 Å². The first kappa shape index (κ1) is 21.0. The van der Waals surface area contributed by atoms with Crippen molar-refractivity contribution in [2.75, 3.05) is 12.9 Å². The molecule has 0 saturated carbocycles. The fraction of sp³-hybridized carbons (Fsp3) is 0.588. The molecule has 1 N–H and O–H groups in total. The van der Waals surface area contributed by atoms with Crippen molar-refractivity contribution >= 4 is 31.1 Å². The Kier molecular flexibility index (Phi) is 6.29. The molecular formula is C17H26NO6S2+. The Bertz CT molecular complexity index is 867. The summed E-state index contributed by atoms with van der Waals surface area (Å²) in [5.74, 6) is 0. The van der Waals surface area contributed by atoms with Crippen LogP contribution in [0.25, 0.3) is 10.2 Å². The molecule has 146 valence electrons. The summed E-state index contributed by atoms with van der Waals surface area (Å²) in [5, 5.41) is 11.0. The van der Waals surface area contributed by atoms with Gasteiger partial charge in [-0.05, 0) is 40.7 Å². The van der Waals surface area contributed by atoms with E-state index in [1.807, 2.05) is 40.7 Å². The zero-order valence-electron chi connectivity index (χ0n) is 15.8. The Hall–Kier alpha value is -1.26. The lowest BCUT2D eigenvalue weighted by molar-refractivity contribution is 0.113. The van der Waals surface area contributed by atoms with E-state index in [-0.39, 0.29) is 12.7 Å². The molecule has 0 bridgehead atoms. The van der Waals surface area contributed by atoms with Gasteiger partial charge in [0.15, 0.2) is 0 Å². The number of aromatic nitrogens is 1. The van der Waals surface area contributed by atoms with Crippen LogP contribution in [0.3, 0.4) is 0 Å². The van der Waals surface area contributed by atoms with E-state index in [1.54, 1.807) is 12.1 Å². The maximum atomic E-state index is 11.2. The van der Waals surface area contributed by atoms with Crippen LogP contribution in [0.1, 0.15) is 46.3 Å². The maximum Gasteiger partial charge on any atom is 0.472 e.